The molecule has 2 aliphatic carbocycles. The monoisotopic (exact) mass is 149 g/mol. The zero-order valence-corrected chi connectivity index (χ0v) is 6.50. The number of fused-ring (bicyclic) bond motifs is 1. The van der Waals surface area contributed by atoms with Gasteiger partial charge in [-0.3, -0.25) is 4.79 Å². The predicted molar refractivity (Wildman–Crippen MR) is 44.9 cm³/mol. The largest absolute Gasteiger partial charge is 0.370 e. The number of benzene rings is 1. The van der Waals surface area contributed by atoms with Crippen LogP contribution in [0.25, 0.3) is 11.1 Å². The van der Waals surface area contributed by atoms with E-state index < -0.39 is 0 Å². The van der Waals surface area contributed by atoms with Crippen LogP contribution in [0.1, 0.15) is 13.3 Å². The summed E-state index contributed by atoms with van der Waals surface area (Å²) >= 11 is 0. The van der Waals surface area contributed by atoms with Gasteiger partial charge in [-0.05, 0) is 11.1 Å². The summed E-state index contributed by atoms with van der Waals surface area (Å²) in [4.78, 5) is 9.59. The van der Waals surface area contributed by atoms with Crippen molar-refractivity contribution in [1.82, 2.24) is 0 Å². The molecule has 0 unspecified atom stereocenters. The van der Waals surface area contributed by atoms with E-state index in [2.05, 4.69) is 30.0 Å². The van der Waals surface area contributed by atoms with Crippen LogP contribution in [-0.4, -0.2) is 5.91 Å². The fraction of sp³-hybridized carbons (Fsp3) is 0.222. The van der Waals surface area contributed by atoms with Crippen molar-refractivity contribution in [3.63, 3.8) is 0 Å². The molecule has 0 saturated heterocycles. The Bertz CT molecular complexity index is 230. The smallest absolute Gasteiger partial charge is 0.217 e. The number of nitrogens with two attached hydrogens (primary N) is 1. The normalized spacial score (nSPS) is 9.55. The molecule has 0 aromatic heterocycles. The molecule has 0 radical (unpaired) electrons. The zero-order chi connectivity index (χ0) is 8.27. The van der Waals surface area contributed by atoms with Gasteiger partial charge in [-0.15, -0.1) is 0 Å². The Labute approximate surface area is 66.0 Å². The van der Waals surface area contributed by atoms with E-state index in [-0.39, 0.29) is 5.91 Å². The van der Waals surface area contributed by atoms with Gasteiger partial charge < -0.3 is 5.73 Å². The molecule has 0 aromatic carbocycles. The SMILES string of the molecule is CCC(N)=O.c1cc2ccc1-2. The predicted octanol–water partition coefficient (Wildman–Crippen LogP) is 1.55. The standard InChI is InChI=1S/C6H4.C3H7NO/c1-2-6-4-3-5(1)6;1-2-3(4)5/h1-4H;2H2,1H3,(H2,4,5). The highest BCUT2D eigenvalue weighted by molar-refractivity contribution is 5.75. The molecule has 0 heterocycles. The van der Waals surface area contributed by atoms with Crippen molar-refractivity contribution in [2.24, 2.45) is 5.73 Å². The lowest BCUT2D eigenvalue weighted by Gasteiger charge is -2.10. The summed E-state index contributed by atoms with van der Waals surface area (Å²) in [5.41, 5.74) is 7.50. The Morgan fingerprint density at radius 1 is 1.27 bits per heavy atom. The lowest BCUT2D eigenvalue weighted by Crippen LogP contribution is -2.06. The summed E-state index contributed by atoms with van der Waals surface area (Å²) in [6.07, 6.45) is 0.444. The van der Waals surface area contributed by atoms with Gasteiger partial charge in [-0.2, -0.15) is 0 Å². The fourth-order valence-corrected chi connectivity index (χ4v) is 0.663. The molecule has 0 aromatic rings. The summed E-state index contributed by atoms with van der Waals surface area (Å²) in [5.74, 6) is -0.245. The third-order valence-corrected chi connectivity index (χ3v) is 1.57. The van der Waals surface area contributed by atoms with E-state index in [9.17, 15) is 4.79 Å². The number of carbonyl (C=O) groups excluding carboxylic acids is 1. The van der Waals surface area contributed by atoms with Crippen LogP contribution in [0.2, 0.25) is 0 Å². The highest BCUT2D eigenvalue weighted by Crippen LogP contribution is 2.29. The van der Waals surface area contributed by atoms with Crippen molar-refractivity contribution in [2.75, 3.05) is 0 Å². The second-order valence-corrected chi connectivity index (χ2v) is 2.40. The summed E-state index contributed by atoms with van der Waals surface area (Å²) in [7, 11) is 0. The minimum atomic E-state index is -0.245. The van der Waals surface area contributed by atoms with Crippen LogP contribution in [0.5, 0.6) is 0 Å². The molecular formula is C9H11NO. The lowest BCUT2D eigenvalue weighted by atomic mass is 9.95. The van der Waals surface area contributed by atoms with Crippen LogP contribution >= 0.6 is 0 Å². The van der Waals surface area contributed by atoms with E-state index in [4.69, 9.17) is 0 Å². The number of hydrogen-bond acceptors (Lipinski definition) is 1. The molecule has 58 valence electrons. The van der Waals surface area contributed by atoms with E-state index in [0.717, 1.165) is 0 Å². The van der Waals surface area contributed by atoms with Crippen LogP contribution < -0.4 is 5.73 Å². The van der Waals surface area contributed by atoms with Gasteiger partial charge in [0.05, 0.1) is 0 Å². The van der Waals surface area contributed by atoms with Crippen molar-refractivity contribution in [3.05, 3.63) is 24.3 Å². The summed E-state index contributed by atoms with van der Waals surface area (Å²) < 4.78 is 0. The van der Waals surface area contributed by atoms with E-state index in [0.29, 0.717) is 6.42 Å². The number of primary amides is 1. The zero-order valence-electron chi connectivity index (χ0n) is 6.50. The Kier molecular flexibility index (Phi) is 2.26. The Morgan fingerprint density at radius 3 is 1.55 bits per heavy atom. The van der Waals surface area contributed by atoms with Gasteiger partial charge in [0.25, 0.3) is 0 Å². The van der Waals surface area contributed by atoms with Gasteiger partial charge >= 0.3 is 0 Å². The first-order chi connectivity index (χ1) is 5.24. The maximum absolute atomic E-state index is 9.59. The van der Waals surface area contributed by atoms with Crippen molar-refractivity contribution in [1.29, 1.82) is 0 Å². The van der Waals surface area contributed by atoms with Gasteiger partial charge in [-0.1, -0.05) is 31.2 Å². The number of hydrogen-bond donors (Lipinski definition) is 1. The van der Waals surface area contributed by atoms with Gasteiger partial charge in [-0.25, -0.2) is 0 Å². The van der Waals surface area contributed by atoms with Gasteiger partial charge in [0, 0.05) is 6.42 Å². The fourth-order valence-electron chi connectivity index (χ4n) is 0.663. The second-order valence-electron chi connectivity index (χ2n) is 2.40. The Hall–Kier alpha value is -1.31. The molecule has 1 amide bonds. The highest BCUT2D eigenvalue weighted by atomic mass is 16.1. The van der Waals surface area contributed by atoms with Crippen molar-refractivity contribution in [2.45, 2.75) is 13.3 Å². The minimum Gasteiger partial charge on any atom is -0.370 e. The third-order valence-electron chi connectivity index (χ3n) is 1.57. The van der Waals surface area contributed by atoms with Gasteiger partial charge in [0.2, 0.25) is 5.91 Å². The maximum Gasteiger partial charge on any atom is 0.217 e. The average molecular weight is 149 g/mol. The van der Waals surface area contributed by atoms with Crippen LogP contribution in [-0.2, 0) is 4.79 Å². The van der Waals surface area contributed by atoms with Crippen molar-refractivity contribution >= 4 is 5.91 Å². The van der Waals surface area contributed by atoms with Crippen molar-refractivity contribution < 1.29 is 4.79 Å². The minimum absolute atomic E-state index is 0.245. The molecule has 0 fully saturated rings. The Balaban J connectivity index is 0.000000114. The van der Waals surface area contributed by atoms with Crippen LogP contribution in [0.15, 0.2) is 24.3 Å². The van der Waals surface area contributed by atoms with Crippen molar-refractivity contribution in [3.8, 4) is 11.1 Å². The average Bonchev–Trinajstić information content (AvgIpc) is 1.98. The van der Waals surface area contributed by atoms with E-state index in [1.165, 1.54) is 11.1 Å². The molecule has 2 aliphatic rings. The number of carbonyl (C=O) groups is 1. The molecule has 0 saturated carbocycles. The molecule has 0 bridgehead atoms. The first-order valence-electron chi connectivity index (χ1n) is 3.62. The first-order valence-corrected chi connectivity index (χ1v) is 3.62. The molecule has 0 aliphatic heterocycles. The first kappa shape index (κ1) is 7.79. The molecule has 2 N–H and O–H groups in total. The summed E-state index contributed by atoms with van der Waals surface area (Å²) in [6.45, 7) is 1.72. The van der Waals surface area contributed by atoms with Crippen LogP contribution in [0, 0.1) is 0 Å². The second kappa shape index (κ2) is 3.19. The summed E-state index contributed by atoms with van der Waals surface area (Å²) in [5, 5.41) is 0. The van der Waals surface area contributed by atoms with Gasteiger partial charge in [0.1, 0.15) is 0 Å². The molecule has 0 spiro atoms. The topological polar surface area (TPSA) is 43.1 Å². The van der Waals surface area contributed by atoms with Crippen LogP contribution in [0.4, 0.5) is 0 Å². The quantitative estimate of drug-likeness (QED) is 0.656. The molecule has 0 atom stereocenters. The Morgan fingerprint density at radius 2 is 1.55 bits per heavy atom. The third kappa shape index (κ3) is 1.80. The lowest BCUT2D eigenvalue weighted by molar-refractivity contribution is -0.117. The number of amides is 1. The molecule has 2 heteroatoms. The molecule has 2 rings (SSSR count). The molecular weight excluding hydrogens is 138 g/mol. The maximum atomic E-state index is 9.59. The van der Waals surface area contributed by atoms with E-state index in [1.54, 1.807) is 6.92 Å². The van der Waals surface area contributed by atoms with E-state index >= 15 is 0 Å². The molecule has 11 heavy (non-hydrogen) atoms. The van der Waals surface area contributed by atoms with E-state index in [1.807, 2.05) is 0 Å². The number of rotatable bonds is 1. The van der Waals surface area contributed by atoms with Gasteiger partial charge in [0.15, 0.2) is 0 Å². The summed E-state index contributed by atoms with van der Waals surface area (Å²) in [6, 6.07) is 8.48. The highest BCUT2D eigenvalue weighted by Gasteiger charge is 2.03. The van der Waals surface area contributed by atoms with Crippen LogP contribution in [0.3, 0.4) is 0 Å². The molecule has 2 nitrogen and oxygen atoms in total.